The molecule has 0 heterocycles. The monoisotopic (exact) mass is 216 g/mol. The molecule has 5 heteroatoms. The molecule has 0 saturated carbocycles. The summed E-state index contributed by atoms with van der Waals surface area (Å²) in [6.07, 6.45) is 0.821. The van der Waals surface area contributed by atoms with Crippen molar-refractivity contribution in [2.75, 3.05) is 7.11 Å². The van der Waals surface area contributed by atoms with Crippen LogP contribution in [-0.4, -0.2) is 31.1 Å². The van der Waals surface area contributed by atoms with Gasteiger partial charge in [-0.15, -0.1) is 0 Å². The zero-order chi connectivity index (χ0) is 12.0. The van der Waals surface area contributed by atoms with Gasteiger partial charge in [0.05, 0.1) is 13.2 Å². The Labute approximate surface area is 90.4 Å². The van der Waals surface area contributed by atoms with Gasteiger partial charge in [-0.2, -0.15) is 0 Å². The third kappa shape index (κ3) is 4.29. The summed E-state index contributed by atoms with van der Waals surface area (Å²) in [6, 6.07) is -1.24. The van der Waals surface area contributed by atoms with Crippen LogP contribution >= 0.6 is 0 Å². The lowest BCUT2D eigenvalue weighted by molar-refractivity contribution is -0.144. The van der Waals surface area contributed by atoms with Gasteiger partial charge in [-0.05, 0) is 12.8 Å². The Morgan fingerprint density at radius 1 is 1.40 bits per heavy atom. The summed E-state index contributed by atoms with van der Waals surface area (Å²) in [6.45, 7) is 5.42. The number of nitrogens with two attached hydrogens (primary N) is 1. The molecule has 15 heavy (non-hydrogen) atoms. The molecule has 0 rings (SSSR count). The van der Waals surface area contributed by atoms with Gasteiger partial charge in [0.15, 0.2) is 0 Å². The van der Waals surface area contributed by atoms with E-state index in [4.69, 9.17) is 5.73 Å². The molecular weight excluding hydrogens is 196 g/mol. The molecule has 0 aromatic rings. The van der Waals surface area contributed by atoms with Gasteiger partial charge in [0, 0.05) is 0 Å². The SMILES string of the molecule is CCC(C)C(N)C(=O)NC(C)C(=O)OC. The van der Waals surface area contributed by atoms with E-state index in [-0.39, 0.29) is 11.8 Å². The molecule has 3 atom stereocenters. The van der Waals surface area contributed by atoms with Gasteiger partial charge in [0.25, 0.3) is 0 Å². The number of amides is 1. The molecule has 0 saturated heterocycles. The first kappa shape index (κ1) is 13.9. The van der Waals surface area contributed by atoms with Crippen molar-refractivity contribution in [3.05, 3.63) is 0 Å². The van der Waals surface area contributed by atoms with Gasteiger partial charge in [-0.1, -0.05) is 20.3 Å². The number of rotatable bonds is 5. The van der Waals surface area contributed by atoms with Crippen LogP contribution in [0.5, 0.6) is 0 Å². The van der Waals surface area contributed by atoms with Crippen LogP contribution in [0.2, 0.25) is 0 Å². The Hall–Kier alpha value is -1.10. The lowest BCUT2D eigenvalue weighted by atomic mass is 9.99. The minimum Gasteiger partial charge on any atom is -0.467 e. The molecule has 0 aromatic heterocycles. The summed E-state index contributed by atoms with van der Waals surface area (Å²) in [5.41, 5.74) is 5.70. The van der Waals surface area contributed by atoms with Gasteiger partial charge in [0.2, 0.25) is 5.91 Å². The van der Waals surface area contributed by atoms with Crippen molar-refractivity contribution in [2.24, 2.45) is 11.7 Å². The summed E-state index contributed by atoms with van der Waals surface area (Å²) in [5.74, 6) is -0.697. The van der Waals surface area contributed by atoms with Gasteiger partial charge in [0.1, 0.15) is 6.04 Å². The van der Waals surface area contributed by atoms with E-state index in [1.807, 2.05) is 13.8 Å². The zero-order valence-electron chi connectivity index (χ0n) is 9.74. The van der Waals surface area contributed by atoms with Crippen LogP contribution in [0.25, 0.3) is 0 Å². The van der Waals surface area contributed by atoms with Crippen LogP contribution in [0.15, 0.2) is 0 Å². The standard InChI is InChI=1S/C10H20N2O3/c1-5-6(2)8(11)9(13)12-7(3)10(14)15-4/h6-8H,5,11H2,1-4H3,(H,12,13). The normalized spacial score (nSPS) is 16.3. The highest BCUT2D eigenvalue weighted by Gasteiger charge is 2.23. The fourth-order valence-corrected chi connectivity index (χ4v) is 1.06. The van der Waals surface area contributed by atoms with Crippen molar-refractivity contribution in [2.45, 2.75) is 39.3 Å². The topological polar surface area (TPSA) is 81.4 Å². The Bertz CT molecular complexity index is 231. The molecule has 88 valence electrons. The Kier molecular flexibility index (Phi) is 5.93. The molecular formula is C10H20N2O3. The van der Waals surface area contributed by atoms with Crippen molar-refractivity contribution < 1.29 is 14.3 Å². The summed E-state index contributed by atoms with van der Waals surface area (Å²) >= 11 is 0. The van der Waals surface area contributed by atoms with E-state index in [2.05, 4.69) is 10.1 Å². The maximum Gasteiger partial charge on any atom is 0.328 e. The van der Waals surface area contributed by atoms with Gasteiger partial charge >= 0.3 is 5.97 Å². The van der Waals surface area contributed by atoms with E-state index in [1.165, 1.54) is 7.11 Å². The Morgan fingerprint density at radius 2 is 1.93 bits per heavy atom. The number of methoxy groups -OCH3 is 1. The number of carbonyl (C=O) groups is 2. The molecule has 5 nitrogen and oxygen atoms in total. The second-order valence-electron chi connectivity index (χ2n) is 3.66. The maximum atomic E-state index is 11.5. The highest BCUT2D eigenvalue weighted by Crippen LogP contribution is 2.05. The number of esters is 1. The highest BCUT2D eigenvalue weighted by atomic mass is 16.5. The average molecular weight is 216 g/mol. The van der Waals surface area contributed by atoms with Crippen LogP contribution in [0.3, 0.4) is 0 Å². The van der Waals surface area contributed by atoms with E-state index >= 15 is 0 Å². The van der Waals surface area contributed by atoms with Crippen LogP contribution in [-0.2, 0) is 14.3 Å². The molecule has 0 radical (unpaired) electrons. The molecule has 3 N–H and O–H groups in total. The fraction of sp³-hybridized carbons (Fsp3) is 0.800. The fourth-order valence-electron chi connectivity index (χ4n) is 1.06. The number of ether oxygens (including phenoxy) is 1. The highest BCUT2D eigenvalue weighted by molar-refractivity contribution is 5.87. The quantitative estimate of drug-likeness (QED) is 0.636. The molecule has 0 bridgehead atoms. The largest absolute Gasteiger partial charge is 0.467 e. The predicted octanol–water partition coefficient (Wildman–Crippen LogP) is 0.0375. The Morgan fingerprint density at radius 3 is 2.33 bits per heavy atom. The van der Waals surface area contributed by atoms with Gasteiger partial charge < -0.3 is 15.8 Å². The molecule has 0 aliphatic heterocycles. The van der Waals surface area contributed by atoms with E-state index < -0.39 is 18.1 Å². The molecule has 1 amide bonds. The number of nitrogens with one attached hydrogen (secondary N) is 1. The van der Waals surface area contributed by atoms with Crippen molar-refractivity contribution >= 4 is 11.9 Å². The van der Waals surface area contributed by atoms with E-state index in [1.54, 1.807) is 6.92 Å². The zero-order valence-corrected chi connectivity index (χ0v) is 9.74. The maximum absolute atomic E-state index is 11.5. The van der Waals surface area contributed by atoms with Crippen molar-refractivity contribution in [3.63, 3.8) is 0 Å². The summed E-state index contributed by atoms with van der Waals surface area (Å²) in [4.78, 5) is 22.6. The first-order valence-electron chi connectivity index (χ1n) is 5.07. The number of carbonyl (C=O) groups excluding carboxylic acids is 2. The van der Waals surface area contributed by atoms with Crippen LogP contribution in [0.4, 0.5) is 0 Å². The molecule has 0 fully saturated rings. The summed E-state index contributed by atoms with van der Waals surface area (Å²) < 4.78 is 4.48. The second kappa shape index (κ2) is 6.40. The Balaban J connectivity index is 4.18. The van der Waals surface area contributed by atoms with Gasteiger partial charge in [-0.25, -0.2) is 4.79 Å². The van der Waals surface area contributed by atoms with Crippen molar-refractivity contribution in [3.8, 4) is 0 Å². The first-order valence-corrected chi connectivity index (χ1v) is 5.07. The molecule has 0 spiro atoms. The molecule has 0 aliphatic rings. The van der Waals surface area contributed by atoms with E-state index in [0.717, 1.165) is 6.42 Å². The minimum atomic E-state index is -0.655. The smallest absolute Gasteiger partial charge is 0.328 e. The molecule has 3 unspecified atom stereocenters. The first-order chi connectivity index (χ1) is 6.93. The van der Waals surface area contributed by atoms with Gasteiger partial charge in [-0.3, -0.25) is 4.79 Å². The average Bonchev–Trinajstić information content (AvgIpc) is 2.25. The third-order valence-corrected chi connectivity index (χ3v) is 2.47. The lowest BCUT2D eigenvalue weighted by Gasteiger charge is -2.19. The van der Waals surface area contributed by atoms with Crippen LogP contribution < -0.4 is 11.1 Å². The number of hydrogen-bond donors (Lipinski definition) is 2. The lowest BCUT2D eigenvalue weighted by Crippen LogP contribution is -2.49. The van der Waals surface area contributed by atoms with E-state index in [0.29, 0.717) is 0 Å². The minimum absolute atomic E-state index is 0.0925. The second-order valence-corrected chi connectivity index (χ2v) is 3.66. The summed E-state index contributed by atoms with van der Waals surface area (Å²) in [5, 5.41) is 2.51. The molecule has 0 aromatic carbocycles. The number of hydrogen-bond acceptors (Lipinski definition) is 4. The summed E-state index contributed by atoms with van der Waals surface area (Å²) in [7, 11) is 1.28. The molecule has 0 aliphatic carbocycles. The van der Waals surface area contributed by atoms with E-state index in [9.17, 15) is 9.59 Å². The predicted molar refractivity (Wildman–Crippen MR) is 57.1 cm³/mol. The third-order valence-electron chi connectivity index (χ3n) is 2.47. The van der Waals surface area contributed by atoms with Crippen LogP contribution in [0, 0.1) is 5.92 Å². The van der Waals surface area contributed by atoms with Crippen molar-refractivity contribution in [1.82, 2.24) is 5.32 Å². The van der Waals surface area contributed by atoms with Crippen LogP contribution in [0.1, 0.15) is 27.2 Å². The van der Waals surface area contributed by atoms with Crippen molar-refractivity contribution in [1.29, 1.82) is 0 Å².